The summed E-state index contributed by atoms with van der Waals surface area (Å²) in [6, 6.07) is 6.33. The van der Waals surface area contributed by atoms with Gasteiger partial charge in [0.05, 0.1) is 7.11 Å². The van der Waals surface area contributed by atoms with Crippen LogP contribution in [0, 0.1) is 0 Å². The largest absolute Gasteiger partial charge is 0.481 e. The number of hydrogen-bond donors (Lipinski definition) is 1. The zero-order valence-corrected chi connectivity index (χ0v) is 10.4. The predicted molar refractivity (Wildman–Crippen MR) is 68.1 cm³/mol. The Hall–Kier alpha value is -1.13. The maximum absolute atomic E-state index is 5.89. The van der Waals surface area contributed by atoms with Gasteiger partial charge in [0.15, 0.2) is 0 Å². The number of methoxy groups -OCH3 is 1. The summed E-state index contributed by atoms with van der Waals surface area (Å²) >= 11 is 0. The maximum atomic E-state index is 5.89. The highest BCUT2D eigenvalue weighted by molar-refractivity contribution is 5.15. The van der Waals surface area contributed by atoms with Crippen LogP contribution in [0.2, 0.25) is 0 Å². The molecule has 0 spiro atoms. The molecule has 0 aliphatic carbocycles. The predicted octanol–water partition coefficient (Wildman–Crippen LogP) is 1.06. The van der Waals surface area contributed by atoms with E-state index >= 15 is 0 Å². The molecule has 94 valence electrons. The molecule has 4 nitrogen and oxygen atoms in total. The van der Waals surface area contributed by atoms with Crippen molar-refractivity contribution in [2.45, 2.75) is 25.3 Å². The molecule has 1 saturated heterocycles. The normalized spacial score (nSPS) is 18.2. The van der Waals surface area contributed by atoms with Gasteiger partial charge in [0.25, 0.3) is 0 Å². The molecule has 0 amide bonds. The number of piperidine rings is 1. The first kappa shape index (κ1) is 12.3. The lowest BCUT2D eigenvalue weighted by molar-refractivity contribution is 0.215. The number of ether oxygens (including phenoxy) is 1. The molecular weight excluding hydrogens is 214 g/mol. The summed E-state index contributed by atoms with van der Waals surface area (Å²) in [4.78, 5) is 6.88. The number of nitrogens with zero attached hydrogens (tertiary/aromatic N) is 2. The van der Waals surface area contributed by atoms with Crippen molar-refractivity contribution in [1.82, 2.24) is 9.88 Å². The number of likely N-dealkylation sites (tertiary alicyclic amines) is 1. The second-order valence-corrected chi connectivity index (χ2v) is 4.60. The summed E-state index contributed by atoms with van der Waals surface area (Å²) in [5.41, 5.74) is 6.98. The van der Waals surface area contributed by atoms with Gasteiger partial charge < -0.3 is 15.4 Å². The van der Waals surface area contributed by atoms with Crippen LogP contribution in [0.25, 0.3) is 0 Å². The number of aromatic nitrogens is 1. The first-order valence-corrected chi connectivity index (χ1v) is 6.26. The zero-order valence-electron chi connectivity index (χ0n) is 10.4. The summed E-state index contributed by atoms with van der Waals surface area (Å²) in [5, 5.41) is 0. The van der Waals surface area contributed by atoms with Crippen molar-refractivity contribution in [1.29, 1.82) is 0 Å². The van der Waals surface area contributed by atoms with E-state index in [1.54, 1.807) is 7.11 Å². The van der Waals surface area contributed by atoms with Crippen molar-refractivity contribution in [3.63, 3.8) is 0 Å². The molecule has 1 aromatic heterocycles. The molecule has 0 aromatic carbocycles. The van der Waals surface area contributed by atoms with Crippen LogP contribution in [-0.2, 0) is 6.42 Å². The molecule has 2 heterocycles. The molecule has 1 fully saturated rings. The van der Waals surface area contributed by atoms with Gasteiger partial charge in [-0.25, -0.2) is 4.98 Å². The molecule has 1 aromatic rings. The SMILES string of the molecule is COc1cccc(CCN2CCC(N)CC2)n1. The van der Waals surface area contributed by atoms with E-state index in [4.69, 9.17) is 10.5 Å². The number of rotatable bonds is 4. The Bertz CT molecular complexity index is 348. The van der Waals surface area contributed by atoms with Crippen LogP contribution in [0.1, 0.15) is 18.5 Å². The van der Waals surface area contributed by atoms with Crippen LogP contribution in [0.4, 0.5) is 0 Å². The highest BCUT2D eigenvalue weighted by atomic mass is 16.5. The van der Waals surface area contributed by atoms with Crippen LogP contribution in [0.5, 0.6) is 5.88 Å². The molecular formula is C13H21N3O. The van der Waals surface area contributed by atoms with E-state index in [0.717, 1.165) is 44.6 Å². The molecule has 1 aliphatic heterocycles. The third kappa shape index (κ3) is 3.68. The number of hydrogen-bond acceptors (Lipinski definition) is 4. The lowest BCUT2D eigenvalue weighted by Crippen LogP contribution is -2.40. The van der Waals surface area contributed by atoms with Gasteiger partial charge in [0.2, 0.25) is 5.88 Å². The Morgan fingerprint density at radius 1 is 1.41 bits per heavy atom. The molecule has 4 heteroatoms. The first-order valence-electron chi connectivity index (χ1n) is 6.26. The summed E-state index contributed by atoms with van der Waals surface area (Å²) in [6.45, 7) is 3.29. The topological polar surface area (TPSA) is 51.4 Å². The van der Waals surface area contributed by atoms with Crippen LogP contribution in [0.15, 0.2) is 18.2 Å². The van der Waals surface area contributed by atoms with Gasteiger partial charge >= 0.3 is 0 Å². The van der Waals surface area contributed by atoms with Gasteiger partial charge in [0, 0.05) is 30.8 Å². The average Bonchev–Trinajstić information content (AvgIpc) is 2.38. The van der Waals surface area contributed by atoms with Crippen LogP contribution in [0.3, 0.4) is 0 Å². The van der Waals surface area contributed by atoms with Gasteiger partial charge in [-0.05, 0) is 32.0 Å². The summed E-state index contributed by atoms with van der Waals surface area (Å²) in [6.07, 6.45) is 3.21. The van der Waals surface area contributed by atoms with Crippen LogP contribution >= 0.6 is 0 Å². The van der Waals surface area contributed by atoms with Gasteiger partial charge in [-0.1, -0.05) is 6.07 Å². The van der Waals surface area contributed by atoms with Crippen LogP contribution < -0.4 is 10.5 Å². The van der Waals surface area contributed by atoms with Crippen molar-refractivity contribution in [2.75, 3.05) is 26.7 Å². The quantitative estimate of drug-likeness (QED) is 0.847. The Labute approximate surface area is 103 Å². The van der Waals surface area contributed by atoms with E-state index in [9.17, 15) is 0 Å². The van der Waals surface area contributed by atoms with Gasteiger partial charge in [-0.3, -0.25) is 0 Å². The van der Waals surface area contributed by atoms with E-state index < -0.39 is 0 Å². The fourth-order valence-electron chi connectivity index (χ4n) is 2.16. The second-order valence-electron chi connectivity index (χ2n) is 4.60. The smallest absolute Gasteiger partial charge is 0.213 e. The molecule has 17 heavy (non-hydrogen) atoms. The standard InChI is InChI=1S/C13H21N3O/c1-17-13-4-2-3-12(15-13)7-10-16-8-5-11(14)6-9-16/h2-4,11H,5-10,14H2,1H3. The third-order valence-corrected chi connectivity index (χ3v) is 3.31. The summed E-state index contributed by atoms with van der Waals surface area (Å²) in [5.74, 6) is 0.697. The number of nitrogens with two attached hydrogens (primary N) is 1. The van der Waals surface area contributed by atoms with Crippen molar-refractivity contribution in [2.24, 2.45) is 5.73 Å². The molecule has 0 atom stereocenters. The monoisotopic (exact) mass is 235 g/mol. The lowest BCUT2D eigenvalue weighted by atomic mass is 10.1. The molecule has 0 saturated carbocycles. The van der Waals surface area contributed by atoms with Gasteiger partial charge in [0.1, 0.15) is 0 Å². The minimum absolute atomic E-state index is 0.404. The van der Waals surface area contributed by atoms with E-state index in [1.165, 1.54) is 0 Å². The average molecular weight is 235 g/mol. The highest BCUT2D eigenvalue weighted by Gasteiger charge is 2.15. The van der Waals surface area contributed by atoms with Crippen molar-refractivity contribution >= 4 is 0 Å². The molecule has 2 N–H and O–H groups in total. The van der Waals surface area contributed by atoms with Crippen LogP contribution in [-0.4, -0.2) is 42.7 Å². The fraction of sp³-hybridized carbons (Fsp3) is 0.615. The van der Waals surface area contributed by atoms with E-state index in [-0.39, 0.29) is 0 Å². The van der Waals surface area contributed by atoms with Gasteiger partial charge in [-0.15, -0.1) is 0 Å². The lowest BCUT2D eigenvalue weighted by Gasteiger charge is -2.29. The minimum atomic E-state index is 0.404. The Balaban J connectivity index is 1.81. The third-order valence-electron chi connectivity index (χ3n) is 3.31. The van der Waals surface area contributed by atoms with E-state index in [0.29, 0.717) is 11.9 Å². The second kappa shape index (κ2) is 5.98. The van der Waals surface area contributed by atoms with E-state index in [2.05, 4.69) is 16.0 Å². The summed E-state index contributed by atoms with van der Waals surface area (Å²) < 4.78 is 5.12. The minimum Gasteiger partial charge on any atom is -0.481 e. The Morgan fingerprint density at radius 3 is 2.88 bits per heavy atom. The molecule has 0 radical (unpaired) electrons. The fourth-order valence-corrected chi connectivity index (χ4v) is 2.16. The summed E-state index contributed by atoms with van der Waals surface area (Å²) in [7, 11) is 1.65. The highest BCUT2D eigenvalue weighted by Crippen LogP contribution is 2.11. The zero-order chi connectivity index (χ0) is 12.1. The maximum Gasteiger partial charge on any atom is 0.213 e. The molecule has 0 unspecified atom stereocenters. The molecule has 2 rings (SSSR count). The Kier molecular flexibility index (Phi) is 4.34. The van der Waals surface area contributed by atoms with E-state index in [1.807, 2.05) is 12.1 Å². The van der Waals surface area contributed by atoms with Crippen molar-refractivity contribution < 1.29 is 4.74 Å². The van der Waals surface area contributed by atoms with Crippen molar-refractivity contribution in [3.05, 3.63) is 23.9 Å². The molecule has 0 bridgehead atoms. The first-order chi connectivity index (χ1) is 8.28. The number of pyridine rings is 1. The Morgan fingerprint density at radius 2 is 2.18 bits per heavy atom. The van der Waals surface area contributed by atoms with Crippen molar-refractivity contribution in [3.8, 4) is 5.88 Å². The molecule has 1 aliphatic rings. The van der Waals surface area contributed by atoms with Gasteiger partial charge in [-0.2, -0.15) is 0 Å².